The van der Waals surface area contributed by atoms with E-state index >= 15 is 0 Å². The number of aliphatic hydroxyl groups is 3. The minimum atomic E-state index is -2.67. The van der Waals surface area contributed by atoms with Crippen LogP contribution in [0.5, 0.6) is 5.75 Å². The van der Waals surface area contributed by atoms with Gasteiger partial charge in [-0.1, -0.05) is 11.8 Å². The lowest BCUT2D eigenvalue weighted by atomic mass is 9.58. The molecule has 10 nitrogen and oxygen atoms in total. The summed E-state index contributed by atoms with van der Waals surface area (Å²) in [7, 11) is 3.16. The number of rotatable bonds is 2. The monoisotopic (exact) mass is 515 g/mol. The predicted molar refractivity (Wildman–Crippen MR) is 134 cm³/mol. The first-order valence-corrected chi connectivity index (χ1v) is 11.9. The van der Waals surface area contributed by atoms with Gasteiger partial charge in [-0.3, -0.25) is 24.3 Å². The molecule has 1 aromatic carbocycles. The molecule has 0 saturated carbocycles. The summed E-state index contributed by atoms with van der Waals surface area (Å²) in [6.07, 6.45) is 3.39. The Bertz CT molecular complexity index is 1530. The molecule has 1 heterocycles. The molecule has 1 amide bonds. The Balaban J connectivity index is 1.68. The number of phenolic OH excluding ortho intramolecular Hbond substituents is 1. The minimum Gasteiger partial charge on any atom is -0.510 e. The highest BCUT2D eigenvalue weighted by Gasteiger charge is 2.63. The van der Waals surface area contributed by atoms with E-state index in [0.717, 1.165) is 0 Å². The molecule has 3 aliphatic rings. The Morgan fingerprint density at radius 2 is 1.89 bits per heavy atom. The third kappa shape index (κ3) is 3.51. The van der Waals surface area contributed by atoms with Crippen molar-refractivity contribution in [2.45, 2.75) is 24.5 Å². The number of hydrogen-bond donors (Lipinski definition) is 5. The number of benzene rings is 1. The smallest absolute Gasteiger partial charge is 0.255 e. The lowest BCUT2D eigenvalue weighted by Gasteiger charge is -2.50. The zero-order valence-electron chi connectivity index (χ0n) is 20.6. The van der Waals surface area contributed by atoms with Crippen LogP contribution < -0.4 is 5.73 Å². The molecule has 0 spiro atoms. The number of ketones is 2. The summed E-state index contributed by atoms with van der Waals surface area (Å²) in [6, 6.07) is 5.39. The van der Waals surface area contributed by atoms with Crippen LogP contribution in [0.2, 0.25) is 0 Å². The topological polar surface area (TPSA) is 174 Å². The first-order chi connectivity index (χ1) is 18.0. The Labute approximate surface area is 217 Å². The van der Waals surface area contributed by atoms with Gasteiger partial charge in [-0.25, -0.2) is 0 Å². The van der Waals surface area contributed by atoms with E-state index in [-0.39, 0.29) is 29.7 Å². The van der Waals surface area contributed by atoms with E-state index in [1.165, 1.54) is 11.0 Å². The largest absolute Gasteiger partial charge is 0.510 e. The summed E-state index contributed by atoms with van der Waals surface area (Å²) in [4.78, 5) is 44.6. The number of primary amides is 1. The average Bonchev–Trinajstić information content (AvgIpc) is 2.86. The number of hydrogen-bond acceptors (Lipinski definition) is 9. The molecule has 194 valence electrons. The van der Waals surface area contributed by atoms with Gasteiger partial charge in [0.1, 0.15) is 22.8 Å². The van der Waals surface area contributed by atoms with Crippen LogP contribution in [-0.4, -0.2) is 73.5 Å². The number of amides is 1. The van der Waals surface area contributed by atoms with E-state index in [2.05, 4.69) is 16.8 Å². The number of allylic oxidation sites excluding steroid dienone is 1. The summed E-state index contributed by atoms with van der Waals surface area (Å²) in [5.41, 5.74) is 3.17. The third-order valence-electron chi connectivity index (χ3n) is 7.61. The highest BCUT2D eigenvalue weighted by atomic mass is 16.3. The molecule has 10 heteroatoms. The Kier molecular flexibility index (Phi) is 5.86. The average molecular weight is 516 g/mol. The molecule has 5 rings (SSSR count). The van der Waals surface area contributed by atoms with Crippen LogP contribution in [0.4, 0.5) is 0 Å². The van der Waals surface area contributed by atoms with Gasteiger partial charge in [0.25, 0.3) is 5.91 Å². The van der Waals surface area contributed by atoms with E-state index < -0.39 is 58.0 Å². The van der Waals surface area contributed by atoms with Crippen LogP contribution in [0.25, 0.3) is 0 Å². The molecule has 6 N–H and O–H groups in total. The van der Waals surface area contributed by atoms with Gasteiger partial charge in [0, 0.05) is 35.0 Å². The van der Waals surface area contributed by atoms with Gasteiger partial charge >= 0.3 is 0 Å². The van der Waals surface area contributed by atoms with Crippen LogP contribution in [0.3, 0.4) is 0 Å². The SMILES string of the molecule is CN(C)[C@@H]1C(O)=C(C(N)=O)C(=O)[C@@]2(O)C(O)=C3C(=O)c4c(O)ccc(C#Cc5cccnc5)c4C[C@H]3C[C@@H]12. The fraction of sp³-hybridized carbons (Fsp3) is 0.286. The van der Waals surface area contributed by atoms with Gasteiger partial charge in [-0.2, -0.15) is 0 Å². The number of aliphatic hydroxyl groups excluding tert-OH is 2. The highest BCUT2D eigenvalue weighted by molar-refractivity contribution is 6.24. The Morgan fingerprint density at radius 1 is 1.16 bits per heavy atom. The van der Waals surface area contributed by atoms with Crippen molar-refractivity contribution in [3.63, 3.8) is 0 Å². The first-order valence-electron chi connectivity index (χ1n) is 11.9. The quantitative estimate of drug-likeness (QED) is 0.288. The van der Waals surface area contributed by atoms with Crippen molar-refractivity contribution >= 4 is 17.5 Å². The summed E-state index contributed by atoms with van der Waals surface area (Å²) in [5.74, 6) is -0.870. The number of phenols is 1. The van der Waals surface area contributed by atoms with Crippen molar-refractivity contribution in [2.75, 3.05) is 14.1 Å². The molecule has 3 aliphatic carbocycles. The number of likely N-dealkylation sites (N-methyl/N-ethyl adjacent to an activating group) is 1. The lowest BCUT2D eigenvalue weighted by molar-refractivity contribution is -0.148. The molecule has 0 bridgehead atoms. The molecule has 1 aromatic heterocycles. The molecule has 0 aliphatic heterocycles. The molecule has 4 atom stereocenters. The second-order valence-corrected chi connectivity index (χ2v) is 9.94. The molecular weight excluding hydrogens is 490 g/mol. The molecule has 0 radical (unpaired) electrons. The van der Waals surface area contributed by atoms with Crippen molar-refractivity contribution in [3.8, 4) is 17.6 Å². The van der Waals surface area contributed by atoms with Crippen LogP contribution in [0.15, 0.2) is 59.3 Å². The van der Waals surface area contributed by atoms with Crippen LogP contribution in [-0.2, 0) is 16.0 Å². The number of nitrogens with two attached hydrogens (primary N) is 1. The number of Topliss-reactive ketones (excluding diaryl/α,β-unsaturated/α-hetero) is 2. The van der Waals surface area contributed by atoms with Gasteiger partial charge in [-0.15, -0.1) is 0 Å². The molecule has 2 aromatic rings. The Morgan fingerprint density at radius 3 is 2.53 bits per heavy atom. The number of aromatic nitrogens is 1. The molecule has 0 fully saturated rings. The predicted octanol–water partition coefficient (Wildman–Crippen LogP) is 0.915. The standard InChI is InChI=1S/C28H25N3O7/c1-31(2)22-17-11-15-10-16-14(6-5-13-4-3-9-30-12-13)7-8-18(32)20(16)23(33)19(15)25(35)28(17,38)26(36)21(24(22)34)27(29)37/h3-4,7-9,12,15,17,22,32,34-35,38H,10-11H2,1-2H3,(H2,29,37)/t15-,17-,22-,28-/m0/s1. The number of pyridine rings is 1. The van der Waals surface area contributed by atoms with Crippen molar-refractivity contribution in [1.82, 2.24) is 9.88 Å². The van der Waals surface area contributed by atoms with E-state index in [1.54, 1.807) is 44.7 Å². The number of carbonyl (C=O) groups is 3. The van der Waals surface area contributed by atoms with Crippen molar-refractivity contribution in [2.24, 2.45) is 17.6 Å². The van der Waals surface area contributed by atoms with Gasteiger partial charge in [-0.05, 0) is 62.7 Å². The second kappa shape index (κ2) is 8.83. The molecule has 0 unspecified atom stereocenters. The highest BCUT2D eigenvalue weighted by Crippen LogP contribution is 2.52. The molecule has 0 saturated heterocycles. The van der Waals surface area contributed by atoms with Crippen LogP contribution in [0, 0.1) is 23.7 Å². The normalized spacial score (nSPS) is 26.4. The van der Waals surface area contributed by atoms with E-state index in [4.69, 9.17) is 5.73 Å². The third-order valence-corrected chi connectivity index (χ3v) is 7.61. The summed E-state index contributed by atoms with van der Waals surface area (Å²) in [6.45, 7) is 0. The van der Waals surface area contributed by atoms with E-state index in [9.17, 15) is 34.8 Å². The number of fused-ring (bicyclic) bond motifs is 3. The summed E-state index contributed by atoms with van der Waals surface area (Å²) >= 11 is 0. The van der Waals surface area contributed by atoms with Crippen LogP contribution >= 0.6 is 0 Å². The van der Waals surface area contributed by atoms with Gasteiger partial charge in [0.05, 0.1) is 11.6 Å². The second-order valence-electron chi connectivity index (χ2n) is 9.94. The maximum Gasteiger partial charge on any atom is 0.255 e. The first kappa shape index (κ1) is 25.2. The van der Waals surface area contributed by atoms with Crippen molar-refractivity contribution in [3.05, 3.63) is 81.6 Å². The van der Waals surface area contributed by atoms with Crippen molar-refractivity contribution < 1.29 is 34.8 Å². The molecule has 38 heavy (non-hydrogen) atoms. The van der Waals surface area contributed by atoms with E-state index in [1.807, 2.05) is 0 Å². The fourth-order valence-electron chi connectivity index (χ4n) is 5.94. The minimum absolute atomic E-state index is 0.0108. The van der Waals surface area contributed by atoms with E-state index in [0.29, 0.717) is 16.7 Å². The fourth-order valence-corrected chi connectivity index (χ4v) is 5.94. The number of nitrogens with zero attached hydrogens (tertiary/aromatic N) is 2. The number of carbonyl (C=O) groups excluding carboxylic acids is 3. The zero-order chi connectivity index (χ0) is 27.5. The molecular formula is C28H25N3O7. The summed E-state index contributed by atoms with van der Waals surface area (Å²) in [5, 5.41) is 44.4. The maximum atomic E-state index is 13.7. The van der Waals surface area contributed by atoms with Gasteiger partial charge in [0.2, 0.25) is 5.78 Å². The lowest BCUT2D eigenvalue weighted by Crippen LogP contribution is -2.63. The summed E-state index contributed by atoms with van der Waals surface area (Å²) < 4.78 is 0. The zero-order valence-corrected chi connectivity index (χ0v) is 20.6. The van der Waals surface area contributed by atoms with Crippen LogP contribution in [0.1, 0.15) is 33.5 Å². The van der Waals surface area contributed by atoms with Gasteiger partial charge < -0.3 is 26.2 Å². The van der Waals surface area contributed by atoms with Crippen molar-refractivity contribution in [1.29, 1.82) is 0 Å². The Hall–Kier alpha value is -4.46. The van der Waals surface area contributed by atoms with Gasteiger partial charge in [0.15, 0.2) is 11.4 Å². The number of aromatic hydroxyl groups is 1. The maximum absolute atomic E-state index is 13.7.